The minimum absolute atomic E-state index is 0.00793. The highest BCUT2D eigenvalue weighted by Crippen LogP contribution is 2.46. The largest absolute Gasteiger partial charge is 0.363 e. The number of carbonyl (C=O) groups is 1. The Labute approximate surface area is 168 Å². The summed E-state index contributed by atoms with van der Waals surface area (Å²) in [6, 6.07) is 17.3. The van der Waals surface area contributed by atoms with E-state index in [0.29, 0.717) is 11.1 Å². The fourth-order valence-electron chi connectivity index (χ4n) is 4.55. The van der Waals surface area contributed by atoms with Gasteiger partial charge in [-0.05, 0) is 44.2 Å². The molecule has 0 bridgehead atoms. The molecule has 0 fully saturated rings. The molecule has 1 aliphatic heterocycles. The van der Waals surface area contributed by atoms with E-state index >= 15 is 0 Å². The third-order valence-electron chi connectivity index (χ3n) is 5.25. The van der Waals surface area contributed by atoms with Crippen LogP contribution in [-0.2, 0) is 10.5 Å². The molecule has 1 aliphatic rings. The van der Waals surface area contributed by atoms with Gasteiger partial charge in [-0.25, -0.2) is 0 Å². The van der Waals surface area contributed by atoms with E-state index in [1.54, 1.807) is 11.0 Å². The zero-order valence-electron chi connectivity index (χ0n) is 17.8. The third-order valence-corrected chi connectivity index (χ3v) is 5.25. The van der Waals surface area contributed by atoms with E-state index in [9.17, 15) is 9.90 Å². The lowest BCUT2D eigenvalue weighted by Gasteiger charge is -2.47. The standard InChI is InChI=1S/C25H31NO2/c1-18-12-14-19(15-13-18)21-16-25(28,20-10-8-7-9-11-20)26(22(21)27)24(5,6)17-23(2,3)4/h7-16,28H,17H2,1-6H3. The molecule has 1 amide bonds. The number of hydrogen-bond donors (Lipinski definition) is 1. The highest BCUT2D eigenvalue weighted by Gasteiger charge is 2.52. The van der Waals surface area contributed by atoms with Gasteiger partial charge in [-0.3, -0.25) is 9.69 Å². The minimum Gasteiger partial charge on any atom is -0.363 e. The van der Waals surface area contributed by atoms with Crippen LogP contribution in [0.3, 0.4) is 0 Å². The normalized spacial score (nSPS) is 20.5. The van der Waals surface area contributed by atoms with Gasteiger partial charge in [0, 0.05) is 16.7 Å². The van der Waals surface area contributed by atoms with Gasteiger partial charge < -0.3 is 5.11 Å². The number of rotatable bonds is 4. The monoisotopic (exact) mass is 377 g/mol. The third kappa shape index (κ3) is 3.77. The van der Waals surface area contributed by atoms with E-state index in [-0.39, 0.29) is 11.3 Å². The minimum atomic E-state index is -1.48. The van der Waals surface area contributed by atoms with Crippen molar-refractivity contribution in [3.8, 4) is 0 Å². The molecule has 1 heterocycles. The lowest BCUT2D eigenvalue weighted by molar-refractivity contribution is -0.159. The maximum absolute atomic E-state index is 13.6. The van der Waals surface area contributed by atoms with Crippen LogP contribution in [0, 0.1) is 12.3 Å². The van der Waals surface area contributed by atoms with Crippen LogP contribution < -0.4 is 0 Å². The first-order valence-electron chi connectivity index (χ1n) is 9.87. The first-order chi connectivity index (χ1) is 12.9. The van der Waals surface area contributed by atoms with Crippen molar-refractivity contribution in [2.45, 2.75) is 59.2 Å². The molecule has 0 saturated carbocycles. The van der Waals surface area contributed by atoms with Gasteiger partial charge in [-0.2, -0.15) is 0 Å². The van der Waals surface area contributed by atoms with Crippen LogP contribution in [-0.4, -0.2) is 21.5 Å². The first kappa shape index (κ1) is 20.3. The van der Waals surface area contributed by atoms with Gasteiger partial charge in [0.1, 0.15) is 0 Å². The number of aliphatic hydroxyl groups is 1. The Morgan fingerprint density at radius 3 is 2.04 bits per heavy atom. The van der Waals surface area contributed by atoms with Gasteiger partial charge in [-0.1, -0.05) is 80.9 Å². The van der Waals surface area contributed by atoms with Crippen molar-refractivity contribution >= 4 is 11.5 Å². The molecule has 28 heavy (non-hydrogen) atoms. The van der Waals surface area contributed by atoms with E-state index in [1.165, 1.54) is 0 Å². The van der Waals surface area contributed by atoms with E-state index in [4.69, 9.17) is 0 Å². The van der Waals surface area contributed by atoms with Crippen molar-refractivity contribution in [1.82, 2.24) is 4.90 Å². The number of benzene rings is 2. The molecule has 148 valence electrons. The molecule has 2 aromatic rings. The van der Waals surface area contributed by atoms with Gasteiger partial charge in [0.15, 0.2) is 5.72 Å². The van der Waals surface area contributed by atoms with Crippen molar-refractivity contribution in [3.05, 3.63) is 77.4 Å². The van der Waals surface area contributed by atoms with Crippen LogP contribution in [0.1, 0.15) is 57.7 Å². The van der Waals surface area contributed by atoms with Crippen LogP contribution in [0.5, 0.6) is 0 Å². The Morgan fingerprint density at radius 2 is 1.50 bits per heavy atom. The first-order valence-corrected chi connectivity index (χ1v) is 9.87. The van der Waals surface area contributed by atoms with Crippen LogP contribution in [0.25, 0.3) is 5.57 Å². The number of nitrogens with zero attached hydrogens (tertiary/aromatic N) is 1. The van der Waals surface area contributed by atoms with Crippen LogP contribution in [0.4, 0.5) is 0 Å². The van der Waals surface area contributed by atoms with Gasteiger partial charge >= 0.3 is 0 Å². The summed E-state index contributed by atoms with van der Waals surface area (Å²) in [6.45, 7) is 12.6. The van der Waals surface area contributed by atoms with E-state index in [2.05, 4.69) is 20.8 Å². The zero-order chi connectivity index (χ0) is 20.7. The second-order valence-corrected chi connectivity index (χ2v) is 9.71. The molecule has 0 aromatic heterocycles. The average Bonchev–Trinajstić information content (AvgIpc) is 2.87. The molecule has 2 aromatic carbocycles. The number of aryl methyl sites for hydroxylation is 1. The van der Waals surface area contributed by atoms with E-state index in [0.717, 1.165) is 17.5 Å². The predicted octanol–water partition coefficient (Wildman–Crippen LogP) is 5.28. The van der Waals surface area contributed by atoms with Crippen molar-refractivity contribution in [3.63, 3.8) is 0 Å². The molecule has 0 aliphatic carbocycles. The Kier molecular flexibility index (Phi) is 5.01. The number of hydrogen-bond acceptors (Lipinski definition) is 2. The summed E-state index contributed by atoms with van der Waals surface area (Å²) in [6.07, 6.45) is 2.48. The van der Waals surface area contributed by atoms with Crippen molar-refractivity contribution in [1.29, 1.82) is 0 Å². The lowest BCUT2D eigenvalue weighted by atomic mass is 9.79. The van der Waals surface area contributed by atoms with Gasteiger partial charge in [0.05, 0.1) is 0 Å². The molecule has 1 atom stereocenters. The maximum Gasteiger partial charge on any atom is 0.257 e. The molecule has 3 nitrogen and oxygen atoms in total. The molecule has 1 N–H and O–H groups in total. The van der Waals surface area contributed by atoms with Crippen LogP contribution in [0.15, 0.2) is 60.7 Å². The topological polar surface area (TPSA) is 40.5 Å². The molecule has 0 spiro atoms. The van der Waals surface area contributed by atoms with Gasteiger partial charge in [0.25, 0.3) is 5.91 Å². The number of amides is 1. The Morgan fingerprint density at radius 1 is 0.929 bits per heavy atom. The van der Waals surface area contributed by atoms with E-state index in [1.807, 2.05) is 75.4 Å². The fourth-order valence-corrected chi connectivity index (χ4v) is 4.55. The van der Waals surface area contributed by atoms with Crippen molar-refractivity contribution < 1.29 is 9.90 Å². The quantitative estimate of drug-likeness (QED) is 0.787. The Balaban J connectivity index is 2.15. The second kappa shape index (κ2) is 6.89. The van der Waals surface area contributed by atoms with Gasteiger partial charge in [-0.15, -0.1) is 0 Å². The van der Waals surface area contributed by atoms with E-state index < -0.39 is 11.3 Å². The zero-order valence-corrected chi connectivity index (χ0v) is 17.8. The Hall–Kier alpha value is -2.39. The second-order valence-electron chi connectivity index (χ2n) is 9.71. The molecule has 0 radical (unpaired) electrons. The molecular formula is C25H31NO2. The average molecular weight is 378 g/mol. The fraction of sp³-hybridized carbons (Fsp3) is 0.400. The molecule has 0 saturated heterocycles. The van der Waals surface area contributed by atoms with Crippen LogP contribution in [0.2, 0.25) is 0 Å². The molecular weight excluding hydrogens is 346 g/mol. The molecule has 1 unspecified atom stereocenters. The summed E-state index contributed by atoms with van der Waals surface area (Å²) in [5, 5.41) is 11.8. The summed E-state index contributed by atoms with van der Waals surface area (Å²) in [7, 11) is 0. The highest BCUT2D eigenvalue weighted by molar-refractivity contribution is 6.22. The summed E-state index contributed by atoms with van der Waals surface area (Å²) in [5.74, 6) is -0.135. The smallest absolute Gasteiger partial charge is 0.257 e. The molecule has 3 heteroatoms. The summed E-state index contributed by atoms with van der Waals surface area (Å²) >= 11 is 0. The lowest BCUT2D eigenvalue weighted by Crippen LogP contribution is -2.56. The van der Waals surface area contributed by atoms with Crippen LogP contribution >= 0.6 is 0 Å². The summed E-state index contributed by atoms with van der Waals surface area (Å²) < 4.78 is 0. The summed E-state index contributed by atoms with van der Waals surface area (Å²) in [4.78, 5) is 15.3. The van der Waals surface area contributed by atoms with Crippen molar-refractivity contribution in [2.24, 2.45) is 5.41 Å². The predicted molar refractivity (Wildman–Crippen MR) is 114 cm³/mol. The number of carbonyl (C=O) groups excluding carboxylic acids is 1. The van der Waals surface area contributed by atoms with Gasteiger partial charge in [0.2, 0.25) is 0 Å². The Bertz CT molecular complexity index is 888. The summed E-state index contributed by atoms with van der Waals surface area (Å²) in [5.41, 5.74) is 1.21. The maximum atomic E-state index is 13.6. The van der Waals surface area contributed by atoms with Crippen molar-refractivity contribution in [2.75, 3.05) is 0 Å². The highest BCUT2D eigenvalue weighted by atomic mass is 16.3. The molecule has 3 rings (SSSR count). The SMILES string of the molecule is Cc1ccc(C2=CC(O)(c3ccccc3)N(C(C)(C)CC(C)(C)C)C2=O)cc1.